The van der Waals surface area contributed by atoms with Gasteiger partial charge in [-0.05, 0) is 54.9 Å². The van der Waals surface area contributed by atoms with Crippen LogP contribution >= 0.6 is 0 Å². The Morgan fingerprint density at radius 1 is 0.926 bits per heavy atom. The summed E-state index contributed by atoms with van der Waals surface area (Å²) < 4.78 is 0. The molecule has 1 aromatic carbocycles. The number of amides is 1. The average molecular weight is 363 g/mol. The van der Waals surface area contributed by atoms with Gasteiger partial charge >= 0.3 is 0 Å². The maximum atomic E-state index is 13.1. The minimum absolute atomic E-state index is 0.108. The van der Waals surface area contributed by atoms with Crippen molar-refractivity contribution < 1.29 is 4.79 Å². The number of carbonyl (C=O) groups excluding carboxylic acids is 1. The van der Waals surface area contributed by atoms with E-state index in [1.54, 1.807) is 18.3 Å². The summed E-state index contributed by atoms with van der Waals surface area (Å²) >= 11 is 0. The summed E-state index contributed by atoms with van der Waals surface area (Å²) in [6, 6.07) is 12.9. The first-order valence-corrected chi connectivity index (χ1v) is 9.98. The Bertz CT molecular complexity index is 897. The number of aromatic nitrogens is 1. The highest BCUT2D eigenvalue weighted by atomic mass is 16.2. The summed E-state index contributed by atoms with van der Waals surface area (Å²) in [6.45, 7) is 2.75. The lowest BCUT2D eigenvalue weighted by Gasteiger charge is -2.36. The van der Waals surface area contributed by atoms with Crippen LogP contribution in [0.5, 0.6) is 0 Å². The van der Waals surface area contributed by atoms with Gasteiger partial charge in [-0.25, -0.2) is 0 Å². The molecule has 1 amide bonds. The van der Waals surface area contributed by atoms with E-state index in [1.807, 2.05) is 4.90 Å². The number of rotatable bonds is 2. The van der Waals surface area contributed by atoms with Crippen molar-refractivity contribution in [1.82, 2.24) is 14.8 Å². The van der Waals surface area contributed by atoms with Crippen molar-refractivity contribution in [3.63, 3.8) is 0 Å². The second kappa shape index (κ2) is 6.64. The Balaban J connectivity index is 1.36. The predicted octanol–water partition coefficient (Wildman–Crippen LogP) is 2.08. The molecule has 2 atom stereocenters. The third kappa shape index (κ3) is 3.00. The van der Waals surface area contributed by atoms with Gasteiger partial charge in [0.1, 0.15) is 5.56 Å². The zero-order valence-corrected chi connectivity index (χ0v) is 15.4. The largest absolute Gasteiger partial charge is 0.334 e. The molecule has 0 spiro atoms. The highest BCUT2D eigenvalue weighted by Crippen LogP contribution is 2.33. The fourth-order valence-electron chi connectivity index (χ4n) is 5.20. The molecule has 5 nitrogen and oxygen atoms in total. The fourth-order valence-corrected chi connectivity index (χ4v) is 5.20. The monoisotopic (exact) mass is 363 g/mol. The normalized spacial score (nSPS) is 25.4. The van der Waals surface area contributed by atoms with Crippen LogP contribution in [0.25, 0.3) is 0 Å². The lowest BCUT2D eigenvalue weighted by Crippen LogP contribution is -2.49. The van der Waals surface area contributed by atoms with Crippen LogP contribution < -0.4 is 5.56 Å². The number of aromatic amines is 1. The number of fused-ring (bicyclic) bond motifs is 5. The smallest absolute Gasteiger partial charge is 0.260 e. The molecule has 3 fully saturated rings. The van der Waals surface area contributed by atoms with Crippen LogP contribution in [-0.2, 0) is 12.8 Å². The molecule has 140 valence electrons. The topological polar surface area (TPSA) is 56.4 Å². The van der Waals surface area contributed by atoms with Crippen molar-refractivity contribution in [1.29, 1.82) is 0 Å². The summed E-state index contributed by atoms with van der Waals surface area (Å²) in [5, 5.41) is 0. The number of carbonyl (C=O) groups is 1. The van der Waals surface area contributed by atoms with Crippen LogP contribution in [0.4, 0.5) is 0 Å². The molecule has 5 heteroatoms. The maximum absolute atomic E-state index is 13.1. The zero-order chi connectivity index (χ0) is 18.4. The first kappa shape index (κ1) is 16.8. The van der Waals surface area contributed by atoms with E-state index in [-0.39, 0.29) is 23.1 Å². The Morgan fingerprint density at radius 3 is 2.44 bits per heavy atom. The van der Waals surface area contributed by atoms with Crippen molar-refractivity contribution in [2.45, 2.75) is 37.8 Å². The van der Waals surface area contributed by atoms with E-state index < -0.39 is 0 Å². The Kier molecular flexibility index (Phi) is 4.12. The molecule has 0 radical (unpaired) electrons. The van der Waals surface area contributed by atoms with Crippen molar-refractivity contribution in [2.75, 3.05) is 19.6 Å². The molecule has 2 bridgehead atoms. The number of piperidine rings is 1. The summed E-state index contributed by atoms with van der Waals surface area (Å²) in [4.78, 5) is 32.4. The molecule has 6 rings (SSSR count). The molecule has 3 saturated heterocycles. The van der Waals surface area contributed by atoms with Crippen molar-refractivity contribution in [2.24, 2.45) is 5.92 Å². The molecule has 4 aliphatic rings. The van der Waals surface area contributed by atoms with Gasteiger partial charge in [-0.15, -0.1) is 0 Å². The van der Waals surface area contributed by atoms with E-state index in [1.165, 1.54) is 17.5 Å². The SMILES string of the molecule is O=C(c1ccc[nH]c1=O)N1CC2CCC1CN(C1Cc3ccccc3C1)C2. The van der Waals surface area contributed by atoms with E-state index in [0.717, 1.165) is 38.9 Å². The Morgan fingerprint density at radius 2 is 1.70 bits per heavy atom. The zero-order valence-electron chi connectivity index (χ0n) is 15.4. The molecule has 1 aliphatic carbocycles. The summed E-state index contributed by atoms with van der Waals surface area (Å²) in [6.07, 6.45) is 6.02. The quantitative estimate of drug-likeness (QED) is 0.889. The molecule has 3 aliphatic heterocycles. The molecule has 2 aromatic rings. The summed E-state index contributed by atoms with van der Waals surface area (Å²) in [7, 11) is 0. The van der Waals surface area contributed by atoms with Gasteiger partial charge in [0.15, 0.2) is 0 Å². The van der Waals surface area contributed by atoms with Crippen molar-refractivity contribution in [3.8, 4) is 0 Å². The summed E-state index contributed by atoms with van der Waals surface area (Å²) in [5.41, 5.74) is 2.93. The fraction of sp³-hybridized carbons (Fsp3) is 0.455. The van der Waals surface area contributed by atoms with E-state index in [2.05, 4.69) is 34.1 Å². The number of pyridine rings is 1. The minimum Gasteiger partial charge on any atom is -0.334 e. The molecule has 1 N–H and O–H groups in total. The first-order chi connectivity index (χ1) is 13.2. The van der Waals surface area contributed by atoms with Crippen LogP contribution in [0.3, 0.4) is 0 Å². The lowest BCUT2D eigenvalue weighted by atomic mass is 9.94. The third-order valence-corrected chi connectivity index (χ3v) is 6.60. The van der Waals surface area contributed by atoms with E-state index in [0.29, 0.717) is 12.0 Å². The summed E-state index contributed by atoms with van der Waals surface area (Å²) in [5.74, 6) is 0.391. The second-order valence-electron chi connectivity index (χ2n) is 8.25. The van der Waals surface area contributed by atoms with Crippen molar-refractivity contribution in [3.05, 3.63) is 69.6 Å². The Hall–Kier alpha value is -2.40. The van der Waals surface area contributed by atoms with Crippen LogP contribution in [0.2, 0.25) is 0 Å². The number of nitrogens with one attached hydrogen (secondary N) is 1. The van der Waals surface area contributed by atoms with Gasteiger partial charge in [0.25, 0.3) is 11.5 Å². The average Bonchev–Trinajstić information content (AvgIpc) is 2.91. The standard InChI is InChI=1S/C22H25N3O2/c26-21-20(6-3-9-23-21)22(27)25-13-15-7-8-18(25)14-24(12-15)19-10-16-4-1-2-5-17(16)11-19/h1-6,9,15,18-19H,7-8,10-14H2,(H,23,26). The van der Waals surface area contributed by atoms with Crippen LogP contribution in [0, 0.1) is 5.92 Å². The molecule has 2 unspecified atom stereocenters. The molecule has 4 heterocycles. The molecule has 0 saturated carbocycles. The van der Waals surface area contributed by atoms with Gasteiger partial charge in [0.2, 0.25) is 0 Å². The maximum Gasteiger partial charge on any atom is 0.260 e. The van der Waals surface area contributed by atoms with E-state index in [9.17, 15) is 9.59 Å². The highest BCUT2D eigenvalue weighted by molar-refractivity contribution is 5.94. The Labute approximate surface area is 159 Å². The van der Waals surface area contributed by atoms with Gasteiger partial charge in [-0.2, -0.15) is 0 Å². The van der Waals surface area contributed by atoms with Crippen molar-refractivity contribution >= 4 is 5.91 Å². The van der Waals surface area contributed by atoms with Gasteiger partial charge < -0.3 is 9.88 Å². The number of hydrogen-bond acceptors (Lipinski definition) is 3. The van der Waals surface area contributed by atoms with Crippen LogP contribution in [0.15, 0.2) is 47.4 Å². The van der Waals surface area contributed by atoms with Gasteiger partial charge in [0.05, 0.1) is 0 Å². The van der Waals surface area contributed by atoms with Crippen LogP contribution in [-0.4, -0.2) is 52.4 Å². The third-order valence-electron chi connectivity index (χ3n) is 6.60. The number of H-pyrrole nitrogens is 1. The highest BCUT2D eigenvalue weighted by Gasteiger charge is 2.40. The number of nitrogens with zero attached hydrogens (tertiary/aromatic N) is 2. The van der Waals surface area contributed by atoms with Gasteiger partial charge in [-0.1, -0.05) is 24.3 Å². The lowest BCUT2D eigenvalue weighted by molar-refractivity contribution is 0.0580. The second-order valence-corrected chi connectivity index (χ2v) is 8.25. The van der Waals surface area contributed by atoms with Gasteiger partial charge in [0, 0.05) is 37.9 Å². The minimum atomic E-state index is -0.286. The molecular formula is C22H25N3O2. The van der Waals surface area contributed by atoms with Gasteiger partial charge in [-0.3, -0.25) is 14.5 Å². The number of benzene rings is 1. The van der Waals surface area contributed by atoms with E-state index in [4.69, 9.17) is 0 Å². The van der Waals surface area contributed by atoms with E-state index >= 15 is 0 Å². The molecule has 27 heavy (non-hydrogen) atoms. The molecule has 1 aromatic heterocycles. The predicted molar refractivity (Wildman–Crippen MR) is 104 cm³/mol. The number of hydrogen-bond donors (Lipinski definition) is 1. The van der Waals surface area contributed by atoms with Crippen LogP contribution in [0.1, 0.15) is 34.3 Å². The first-order valence-electron chi connectivity index (χ1n) is 9.98. The molecular weight excluding hydrogens is 338 g/mol.